The second-order valence-corrected chi connectivity index (χ2v) is 8.61. The fourth-order valence-corrected chi connectivity index (χ4v) is 5.78. The second-order valence-electron chi connectivity index (χ2n) is 8.61. The van der Waals surface area contributed by atoms with Crippen LogP contribution in [0.5, 0.6) is 0 Å². The van der Waals surface area contributed by atoms with Gasteiger partial charge in [0.1, 0.15) is 6.67 Å². The van der Waals surface area contributed by atoms with Crippen molar-refractivity contribution in [2.75, 3.05) is 11.6 Å². The summed E-state index contributed by atoms with van der Waals surface area (Å²) in [6, 6.07) is 6.27. The molecule has 5 nitrogen and oxygen atoms in total. The smallest absolute Gasteiger partial charge is 0.286 e. The molecule has 1 aromatic rings. The van der Waals surface area contributed by atoms with Crippen LogP contribution in [0, 0.1) is 35.5 Å². The van der Waals surface area contributed by atoms with E-state index in [1.54, 1.807) is 19.1 Å². The number of allylic oxidation sites excluding steroid dienone is 2. The Morgan fingerprint density at radius 1 is 1.07 bits per heavy atom. The molecule has 0 spiro atoms. The SMILES string of the molecule is CCc1ccccc1N(CN1C(=O)C2C3C=CC(C4CC34)C2C1=O)C(=O)C(F)(F)F. The Morgan fingerprint density at radius 2 is 1.63 bits per heavy atom. The first-order chi connectivity index (χ1) is 14.2. The highest BCUT2D eigenvalue weighted by Gasteiger charge is 2.67. The summed E-state index contributed by atoms with van der Waals surface area (Å²) in [7, 11) is 0. The van der Waals surface area contributed by atoms with Crippen molar-refractivity contribution in [3.05, 3.63) is 42.0 Å². The van der Waals surface area contributed by atoms with Crippen LogP contribution in [-0.4, -0.2) is 35.5 Å². The Bertz CT molecular complexity index is 937. The monoisotopic (exact) mass is 418 g/mol. The molecular weight excluding hydrogens is 397 g/mol. The van der Waals surface area contributed by atoms with Crippen LogP contribution in [0.15, 0.2) is 36.4 Å². The number of anilines is 1. The second kappa shape index (κ2) is 6.43. The number of aryl methyl sites for hydroxylation is 1. The summed E-state index contributed by atoms with van der Waals surface area (Å²) in [4.78, 5) is 40.0. The van der Waals surface area contributed by atoms with E-state index in [4.69, 9.17) is 0 Å². The van der Waals surface area contributed by atoms with Gasteiger partial charge in [-0.2, -0.15) is 13.2 Å². The van der Waals surface area contributed by atoms with Crippen molar-refractivity contribution in [2.24, 2.45) is 35.5 Å². The molecule has 1 saturated heterocycles. The lowest BCUT2D eigenvalue weighted by Crippen LogP contribution is -2.49. The van der Waals surface area contributed by atoms with Gasteiger partial charge in [0.05, 0.1) is 11.8 Å². The molecule has 4 aliphatic carbocycles. The molecular formula is C22H21F3N2O3. The lowest BCUT2D eigenvalue weighted by molar-refractivity contribution is -0.171. The van der Waals surface area contributed by atoms with Crippen molar-refractivity contribution < 1.29 is 27.6 Å². The molecule has 5 aliphatic rings. The number of para-hydroxylation sites is 1. The Kier molecular flexibility index (Phi) is 4.14. The third-order valence-electron chi connectivity index (χ3n) is 7.19. The van der Waals surface area contributed by atoms with Crippen LogP contribution in [0.1, 0.15) is 18.9 Å². The summed E-state index contributed by atoms with van der Waals surface area (Å²) in [5.41, 5.74) is 0.608. The fourth-order valence-electron chi connectivity index (χ4n) is 5.78. The summed E-state index contributed by atoms with van der Waals surface area (Å²) in [6.07, 6.45) is 0.280. The highest BCUT2D eigenvalue weighted by molar-refractivity contribution is 6.07. The van der Waals surface area contributed by atoms with Crippen LogP contribution in [0.3, 0.4) is 0 Å². The van der Waals surface area contributed by atoms with Crippen LogP contribution in [0.2, 0.25) is 0 Å². The van der Waals surface area contributed by atoms with Gasteiger partial charge in [-0.15, -0.1) is 0 Å². The molecule has 2 bridgehead atoms. The predicted molar refractivity (Wildman–Crippen MR) is 101 cm³/mol. The number of imide groups is 1. The van der Waals surface area contributed by atoms with E-state index in [0.29, 0.717) is 28.7 Å². The standard InChI is InChI=1S/C22H21F3N2O3/c1-2-11-5-3-4-6-16(11)26(21(30)22(23,24)25)10-27-19(28)17-12-7-8-13(15-9-14(12)15)18(17)20(27)29/h3-8,12-15,17-18H,2,9-10H2,1H3. The zero-order valence-corrected chi connectivity index (χ0v) is 16.3. The third-order valence-corrected chi connectivity index (χ3v) is 7.19. The molecule has 6 atom stereocenters. The van der Waals surface area contributed by atoms with Gasteiger partial charge in [0, 0.05) is 5.69 Å². The van der Waals surface area contributed by atoms with E-state index in [9.17, 15) is 27.6 Å². The number of carbonyl (C=O) groups excluding carboxylic acids is 3. The van der Waals surface area contributed by atoms with Crippen LogP contribution in [0.25, 0.3) is 0 Å². The zero-order chi connectivity index (χ0) is 21.4. The van der Waals surface area contributed by atoms with Gasteiger partial charge in [-0.3, -0.25) is 24.2 Å². The number of amides is 3. The van der Waals surface area contributed by atoms with E-state index in [-0.39, 0.29) is 17.5 Å². The first-order valence-electron chi connectivity index (χ1n) is 10.2. The molecule has 6 unspecified atom stereocenters. The topological polar surface area (TPSA) is 57.7 Å². The Labute approximate surface area is 171 Å². The zero-order valence-electron chi connectivity index (χ0n) is 16.3. The van der Waals surface area contributed by atoms with Gasteiger partial charge < -0.3 is 0 Å². The Balaban J connectivity index is 1.49. The maximum Gasteiger partial charge on any atom is 0.471 e. The van der Waals surface area contributed by atoms with E-state index in [0.717, 1.165) is 11.3 Å². The first-order valence-corrected chi connectivity index (χ1v) is 10.2. The molecule has 3 amide bonds. The molecule has 0 aromatic heterocycles. The molecule has 1 heterocycles. The van der Waals surface area contributed by atoms with Gasteiger partial charge >= 0.3 is 12.1 Å². The van der Waals surface area contributed by atoms with E-state index >= 15 is 0 Å². The summed E-state index contributed by atoms with van der Waals surface area (Å²) < 4.78 is 40.2. The average molecular weight is 418 g/mol. The number of rotatable bonds is 4. The number of alkyl halides is 3. The molecule has 0 radical (unpaired) electrons. The predicted octanol–water partition coefficient (Wildman–Crippen LogP) is 3.15. The molecule has 1 aliphatic heterocycles. The van der Waals surface area contributed by atoms with Crippen molar-refractivity contribution in [1.29, 1.82) is 0 Å². The number of carbonyl (C=O) groups is 3. The van der Waals surface area contributed by atoms with Crippen molar-refractivity contribution in [1.82, 2.24) is 4.90 Å². The molecule has 158 valence electrons. The van der Waals surface area contributed by atoms with Gasteiger partial charge in [0.2, 0.25) is 11.8 Å². The average Bonchev–Trinajstić information content (AvgIpc) is 3.51. The largest absolute Gasteiger partial charge is 0.471 e. The molecule has 8 heteroatoms. The van der Waals surface area contributed by atoms with Crippen molar-refractivity contribution in [3.8, 4) is 0 Å². The van der Waals surface area contributed by atoms with E-state index in [1.165, 1.54) is 12.1 Å². The number of likely N-dealkylation sites (tertiary alicyclic amines) is 1. The van der Waals surface area contributed by atoms with Crippen LogP contribution >= 0.6 is 0 Å². The summed E-state index contributed by atoms with van der Waals surface area (Å²) in [5.74, 6) is -3.28. The van der Waals surface area contributed by atoms with E-state index in [2.05, 4.69) is 0 Å². The minimum Gasteiger partial charge on any atom is -0.286 e. The van der Waals surface area contributed by atoms with E-state index < -0.39 is 42.4 Å². The molecule has 1 aromatic carbocycles. The number of hydrogen-bond donors (Lipinski definition) is 0. The van der Waals surface area contributed by atoms with Gasteiger partial charge in [-0.1, -0.05) is 37.3 Å². The molecule has 3 fully saturated rings. The third kappa shape index (κ3) is 2.65. The summed E-state index contributed by atoms with van der Waals surface area (Å²) in [5, 5.41) is 0. The van der Waals surface area contributed by atoms with Gasteiger partial charge in [0.25, 0.3) is 0 Å². The fraction of sp³-hybridized carbons (Fsp3) is 0.500. The number of halogens is 3. The highest BCUT2D eigenvalue weighted by atomic mass is 19.4. The molecule has 30 heavy (non-hydrogen) atoms. The van der Waals surface area contributed by atoms with Crippen LogP contribution in [-0.2, 0) is 20.8 Å². The maximum atomic E-state index is 13.4. The van der Waals surface area contributed by atoms with Crippen LogP contribution < -0.4 is 4.90 Å². The minimum atomic E-state index is -5.12. The normalized spacial score (nSPS) is 33.5. The highest BCUT2D eigenvalue weighted by Crippen LogP contribution is 2.65. The van der Waals surface area contributed by atoms with Gasteiger partial charge in [-0.25, -0.2) is 0 Å². The van der Waals surface area contributed by atoms with Crippen molar-refractivity contribution in [3.63, 3.8) is 0 Å². The minimum absolute atomic E-state index is 0.0267. The number of nitrogens with zero attached hydrogens (tertiary/aromatic N) is 2. The summed E-state index contributed by atoms with van der Waals surface area (Å²) in [6.45, 7) is 1.06. The van der Waals surface area contributed by atoms with Crippen LogP contribution in [0.4, 0.5) is 18.9 Å². The molecule has 6 rings (SSSR count). The first kappa shape index (κ1) is 19.3. The van der Waals surface area contributed by atoms with E-state index in [1.807, 2.05) is 12.2 Å². The van der Waals surface area contributed by atoms with Gasteiger partial charge in [-0.05, 0) is 48.1 Å². The lowest BCUT2D eigenvalue weighted by atomic mass is 9.63. The number of hydrogen-bond acceptors (Lipinski definition) is 3. The lowest BCUT2D eigenvalue weighted by Gasteiger charge is -2.37. The Hall–Kier alpha value is -2.64. The Morgan fingerprint density at radius 3 is 2.17 bits per heavy atom. The molecule has 2 saturated carbocycles. The molecule has 0 N–H and O–H groups in total. The quantitative estimate of drug-likeness (QED) is 0.558. The van der Waals surface area contributed by atoms with Crippen molar-refractivity contribution in [2.45, 2.75) is 25.9 Å². The van der Waals surface area contributed by atoms with Gasteiger partial charge in [0.15, 0.2) is 0 Å². The van der Waals surface area contributed by atoms with Crippen molar-refractivity contribution >= 4 is 23.4 Å². The number of benzene rings is 1. The maximum absolute atomic E-state index is 13.4. The summed E-state index contributed by atoms with van der Waals surface area (Å²) >= 11 is 0.